The maximum atomic E-state index is 12.2. The van der Waals surface area contributed by atoms with E-state index in [2.05, 4.69) is 21.4 Å². The molecule has 6 nitrogen and oxygen atoms in total. The number of nitrogens with one attached hydrogen (secondary N) is 1. The van der Waals surface area contributed by atoms with Gasteiger partial charge in [-0.25, -0.2) is 9.97 Å². The van der Waals surface area contributed by atoms with E-state index < -0.39 is 4.75 Å². The van der Waals surface area contributed by atoms with Crippen LogP contribution >= 0.6 is 11.8 Å². The lowest BCUT2D eigenvalue weighted by Crippen LogP contribution is -2.43. The van der Waals surface area contributed by atoms with E-state index >= 15 is 0 Å². The molecular weight excluding hydrogens is 336 g/mol. The molecule has 25 heavy (non-hydrogen) atoms. The molecule has 1 heterocycles. The molecule has 0 bridgehead atoms. The van der Waals surface area contributed by atoms with Gasteiger partial charge in [-0.1, -0.05) is 11.8 Å². The van der Waals surface area contributed by atoms with Crippen LogP contribution < -0.4 is 5.32 Å². The van der Waals surface area contributed by atoms with Crippen LogP contribution in [0.25, 0.3) is 0 Å². The number of esters is 1. The molecule has 1 aliphatic carbocycles. The second-order valence-corrected chi connectivity index (χ2v) is 7.06. The fourth-order valence-electron chi connectivity index (χ4n) is 2.52. The molecule has 128 valence electrons. The van der Waals surface area contributed by atoms with Crippen molar-refractivity contribution >= 4 is 29.2 Å². The lowest BCUT2D eigenvalue weighted by molar-refractivity contribution is -0.148. The number of carbonyl (C=O) groups is 1. The number of aromatic nitrogens is 2. The van der Waals surface area contributed by atoms with Gasteiger partial charge in [0, 0.05) is 11.9 Å². The van der Waals surface area contributed by atoms with E-state index in [1.54, 1.807) is 24.4 Å². The number of hydrogen-bond acceptors (Lipinski definition) is 7. The Morgan fingerprint density at radius 2 is 2.12 bits per heavy atom. The molecular formula is C18H18N4O2S. The average molecular weight is 354 g/mol. The lowest BCUT2D eigenvalue weighted by atomic mass is 9.84. The molecule has 0 amide bonds. The third-order valence-corrected chi connectivity index (χ3v) is 5.36. The van der Waals surface area contributed by atoms with Crippen molar-refractivity contribution in [2.45, 2.75) is 36.1 Å². The summed E-state index contributed by atoms with van der Waals surface area (Å²) in [5.41, 5.74) is 1.43. The fraction of sp³-hybridized carbons (Fsp3) is 0.333. The highest BCUT2D eigenvalue weighted by Gasteiger charge is 2.47. The van der Waals surface area contributed by atoms with E-state index in [-0.39, 0.29) is 5.97 Å². The normalized spacial score (nSPS) is 14.9. The predicted molar refractivity (Wildman–Crippen MR) is 95.5 cm³/mol. The minimum atomic E-state index is -0.553. The van der Waals surface area contributed by atoms with E-state index in [0.29, 0.717) is 23.1 Å². The van der Waals surface area contributed by atoms with Crippen molar-refractivity contribution in [1.82, 2.24) is 9.97 Å². The first-order chi connectivity index (χ1) is 12.1. The number of anilines is 2. The van der Waals surface area contributed by atoms with Crippen LogP contribution in [0.2, 0.25) is 0 Å². The molecule has 2 aromatic rings. The first-order valence-electron chi connectivity index (χ1n) is 8.12. The van der Waals surface area contributed by atoms with Crippen molar-refractivity contribution in [3.05, 3.63) is 42.1 Å². The number of nitrogens with zero attached hydrogens (tertiary/aromatic N) is 3. The zero-order valence-electron chi connectivity index (χ0n) is 13.9. The molecule has 1 aliphatic rings. The van der Waals surface area contributed by atoms with E-state index in [0.717, 1.165) is 24.9 Å². The third-order valence-electron chi connectivity index (χ3n) is 4.02. The molecule has 0 radical (unpaired) electrons. The second kappa shape index (κ2) is 7.53. The molecule has 1 fully saturated rings. The smallest absolute Gasteiger partial charge is 0.322 e. The van der Waals surface area contributed by atoms with Crippen molar-refractivity contribution in [3.8, 4) is 6.07 Å². The Balaban J connectivity index is 1.72. The molecule has 0 aliphatic heterocycles. The number of carbonyl (C=O) groups excluding carboxylic acids is 1. The van der Waals surface area contributed by atoms with Crippen molar-refractivity contribution < 1.29 is 9.53 Å². The molecule has 7 heteroatoms. The lowest BCUT2D eigenvalue weighted by Gasteiger charge is -2.37. The van der Waals surface area contributed by atoms with Crippen LogP contribution in [0.15, 0.2) is 41.7 Å². The van der Waals surface area contributed by atoms with Gasteiger partial charge in [0.2, 0.25) is 0 Å². The third kappa shape index (κ3) is 3.91. The number of rotatable bonds is 6. The van der Waals surface area contributed by atoms with Gasteiger partial charge in [-0.05, 0) is 56.5 Å². The molecule has 1 aromatic carbocycles. The molecule has 3 rings (SSSR count). The Labute approximate surface area is 150 Å². The summed E-state index contributed by atoms with van der Waals surface area (Å²) in [4.78, 5) is 21.0. The van der Waals surface area contributed by atoms with Gasteiger partial charge in [0.25, 0.3) is 0 Å². The maximum absolute atomic E-state index is 12.2. The van der Waals surface area contributed by atoms with Crippen LogP contribution in [0.5, 0.6) is 0 Å². The van der Waals surface area contributed by atoms with Crippen molar-refractivity contribution in [1.29, 1.82) is 5.26 Å². The van der Waals surface area contributed by atoms with Crippen molar-refractivity contribution in [3.63, 3.8) is 0 Å². The zero-order valence-corrected chi connectivity index (χ0v) is 14.7. The van der Waals surface area contributed by atoms with Crippen molar-refractivity contribution in [2.75, 3.05) is 11.9 Å². The highest BCUT2D eigenvalue weighted by molar-refractivity contribution is 8.01. The molecule has 1 aromatic heterocycles. The summed E-state index contributed by atoms with van der Waals surface area (Å²) < 4.78 is 4.66. The first kappa shape index (κ1) is 17.2. The monoisotopic (exact) mass is 354 g/mol. The van der Waals surface area contributed by atoms with Gasteiger partial charge in [0.1, 0.15) is 10.6 Å². The molecule has 0 unspecified atom stereocenters. The Kier molecular flexibility index (Phi) is 5.19. The Morgan fingerprint density at radius 1 is 1.36 bits per heavy atom. The summed E-state index contributed by atoms with van der Waals surface area (Å²) in [6.07, 6.45) is 4.24. The van der Waals surface area contributed by atoms with Crippen LogP contribution in [0.4, 0.5) is 11.5 Å². The number of ether oxygens (including phenoxy) is 1. The van der Waals surface area contributed by atoms with Gasteiger partial charge in [-0.3, -0.25) is 4.79 Å². The van der Waals surface area contributed by atoms with Gasteiger partial charge < -0.3 is 10.1 Å². The number of benzene rings is 1. The summed E-state index contributed by atoms with van der Waals surface area (Å²) in [6, 6.07) is 11.0. The summed E-state index contributed by atoms with van der Waals surface area (Å²) in [5.74, 6) is 0.459. The van der Waals surface area contributed by atoms with Crippen LogP contribution in [0.1, 0.15) is 31.7 Å². The summed E-state index contributed by atoms with van der Waals surface area (Å²) >= 11 is 1.38. The van der Waals surface area contributed by atoms with Gasteiger partial charge in [0.15, 0.2) is 5.16 Å². The van der Waals surface area contributed by atoms with Gasteiger partial charge in [-0.15, -0.1) is 0 Å². The van der Waals surface area contributed by atoms with Crippen LogP contribution in [-0.2, 0) is 9.53 Å². The summed E-state index contributed by atoms with van der Waals surface area (Å²) in [5, 5.41) is 12.6. The topological polar surface area (TPSA) is 87.9 Å². The first-order valence-corrected chi connectivity index (χ1v) is 8.93. The SMILES string of the molecule is CCOC(=O)C1(Sc2nccc(Nc3ccc(C#N)cc3)n2)CCC1. The Bertz CT molecular complexity index is 797. The van der Waals surface area contributed by atoms with Gasteiger partial charge in [-0.2, -0.15) is 5.26 Å². The maximum Gasteiger partial charge on any atom is 0.322 e. The van der Waals surface area contributed by atoms with Crippen LogP contribution in [0.3, 0.4) is 0 Å². The largest absolute Gasteiger partial charge is 0.465 e. The molecule has 1 N–H and O–H groups in total. The molecule has 0 saturated heterocycles. The minimum absolute atomic E-state index is 0.180. The zero-order chi connectivity index (χ0) is 17.7. The minimum Gasteiger partial charge on any atom is -0.465 e. The number of hydrogen-bond donors (Lipinski definition) is 1. The van der Waals surface area contributed by atoms with E-state index in [4.69, 9.17) is 10.00 Å². The molecule has 1 saturated carbocycles. The van der Waals surface area contributed by atoms with Crippen LogP contribution in [0, 0.1) is 11.3 Å². The highest BCUT2D eigenvalue weighted by atomic mass is 32.2. The highest BCUT2D eigenvalue weighted by Crippen LogP contribution is 2.47. The predicted octanol–water partition coefficient (Wildman–Crippen LogP) is 3.67. The van der Waals surface area contributed by atoms with Gasteiger partial charge in [0.05, 0.1) is 18.2 Å². The van der Waals surface area contributed by atoms with E-state index in [1.165, 1.54) is 11.8 Å². The molecule has 0 atom stereocenters. The number of thioether (sulfide) groups is 1. The Hall–Kier alpha value is -2.59. The van der Waals surface area contributed by atoms with Gasteiger partial charge >= 0.3 is 5.97 Å². The Morgan fingerprint density at radius 3 is 2.72 bits per heavy atom. The summed E-state index contributed by atoms with van der Waals surface area (Å²) in [7, 11) is 0. The fourth-order valence-corrected chi connectivity index (χ4v) is 3.76. The van der Waals surface area contributed by atoms with E-state index in [9.17, 15) is 4.79 Å². The number of nitriles is 1. The average Bonchev–Trinajstić information content (AvgIpc) is 2.59. The van der Waals surface area contributed by atoms with Crippen LogP contribution in [-0.4, -0.2) is 27.3 Å². The molecule has 0 spiro atoms. The second-order valence-electron chi connectivity index (χ2n) is 5.71. The standard InChI is InChI=1S/C18H18N4O2S/c1-2-24-16(23)18(9-3-10-18)25-17-20-11-8-15(22-17)21-14-6-4-13(12-19)5-7-14/h4-8,11H,2-3,9-10H2,1H3,(H,20,21,22). The quantitative estimate of drug-likeness (QED) is 0.625. The summed E-state index contributed by atoms with van der Waals surface area (Å²) in [6.45, 7) is 2.19. The van der Waals surface area contributed by atoms with Crippen molar-refractivity contribution in [2.24, 2.45) is 0 Å². The van der Waals surface area contributed by atoms with E-state index in [1.807, 2.05) is 19.1 Å².